The van der Waals surface area contributed by atoms with Crippen molar-refractivity contribution in [2.24, 2.45) is 0 Å². The number of aromatic nitrogens is 2. The van der Waals surface area contributed by atoms with Crippen LogP contribution in [0, 0.1) is 0 Å². The first-order valence-electron chi connectivity index (χ1n) is 9.60. The van der Waals surface area contributed by atoms with Crippen molar-refractivity contribution in [1.29, 1.82) is 0 Å². The van der Waals surface area contributed by atoms with Crippen LogP contribution in [-0.4, -0.2) is 21.9 Å². The van der Waals surface area contributed by atoms with Crippen LogP contribution < -0.4 is 10.6 Å². The Balaban J connectivity index is 1.71. The van der Waals surface area contributed by atoms with Gasteiger partial charge in [-0.05, 0) is 17.7 Å². The smallest absolute Gasteiger partial charge is 0.362 e. The molecule has 0 spiro atoms. The van der Waals surface area contributed by atoms with E-state index in [-0.39, 0.29) is 5.82 Å². The van der Waals surface area contributed by atoms with Crippen LogP contribution in [0.1, 0.15) is 40.1 Å². The molecule has 0 unspecified atom stereocenters. The van der Waals surface area contributed by atoms with Crippen LogP contribution in [0.2, 0.25) is 5.02 Å². The molecule has 2 heterocycles. The third-order valence-electron chi connectivity index (χ3n) is 5.19. The highest BCUT2D eigenvalue weighted by Gasteiger charge is 2.48. The summed E-state index contributed by atoms with van der Waals surface area (Å²) in [4.78, 5) is 12.7. The van der Waals surface area contributed by atoms with E-state index in [1.807, 2.05) is 0 Å². The number of benzene rings is 2. The highest BCUT2D eigenvalue weighted by molar-refractivity contribution is 6.36. The number of alkyl halides is 6. The number of amides is 1. The van der Waals surface area contributed by atoms with Crippen LogP contribution >= 0.6 is 11.6 Å². The number of para-hydroxylation sites is 1. The van der Waals surface area contributed by atoms with E-state index in [1.165, 1.54) is 6.07 Å². The van der Waals surface area contributed by atoms with Crippen molar-refractivity contribution in [3.63, 3.8) is 0 Å². The molecule has 3 aromatic rings. The number of hydrogen-bond donors (Lipinski definition) is 2. The minimum atomic E-state index is -4.76. The van der Waals surface area contributed by atoms with Gasteiger partial charge in [0.1, 0.15) is 10.8 Å². The van der Waals surface area contributed by atoms with Gasteiger partial charge in [-0.3, -0.25) is 4.79 Å². The molecule has 2 atom stereocenters. The predicted octanol–water partition coefficient (Wildman–Crippen LogP) is 6.47. The van der Waals surface area contributed by atoms with Crippen molar-refractivity contribution in [3.8, 4) is 0 Å². The van der Waals surface area contributed by atoms with Gasteiger partial charge in [0, 0.05) is 6.42 Å². The minimum Gasteiger partial charge on any atom is -0.362 e. The van der Waals surface area contributed by atoms with Gasteiger partial charge in [-0.25, -0.2) is 4.68 Å². The van der Waals surface area contributed by atoms with Gasteiger partial charge in [0.15, 0.2) is 11.7 Å². The van der Waals surface area contributed by atoms with Gasteiger partial charge < -0.3 is 10.6 Å². The van der Waals surface area contributed by atoms with Crippen LogP contribution in [0.25, 0.3) is 0 Å². The summed E-state index contributed by atoms with van der Waals surface area (Å²) in [6.07, 6.45) is -9.89. The van der Waals surface area contributed by atoms with Crippen molar-refractivity contribution in [1.82, 2.24) is 9.78 Å². The van der Waals surface area contributed by atoms with Crippen LogP contribution in [0.4, 0.5) is 37.8 Å². The van der Waals surface area contributed by atoms with Crippen molar-refractivity contribution >= 4 is 29.0 Å². The molecule has 0 fully saturated rings. The molecule has 0 radical (unpaired) electrons. The molecule has 0 bridgehead atoms. The second kappa shape index (κ2) is 8.29. The lowest BCUT2D eigenvalue weighted by Gasteiger charge is -2.33. The van der Waals surface area contributed by atoms with E-state index in [0.717, 1.165) is 18.2 Å². The number of hydrogen-bond acceptors (Lipinski definition) is 3. The summed E-state index contributed by atoms with van der Waals surface area (Å²) in [5.74, 6) is -1.41. The largest absolute Gasteiger partial charge is 0.418 e. The third kappa shape index (κ3) is 4.50. The van der Waals surface area contributed by atoms with Crippen LogP contribution in [0.3, 0.4) is 0 Å². The number of carbonyl (C=O) groups excluding carboxylic acids is 1. The van der Waals surface area contributed by atoms with Gasteiger partial charge in [-0.2, -0.15) is 31.4 Å². The summed E-state index contributed by atoms with van der Waals surface area (Å²) in [5.41, 5.74) is -1.74. The molecule has 0 aliphatic carbocycles. The van der Waals surface area contributed by atoms with Crippen LogP contribution in [-0.2, 0) is 6.18 Å². The van der Waals surface area contributed by atoms with E-state index in [2.05, 4.69) is 15.7 Å². The van der Waals surface area contributed by atoms with Gasteiger partial charge in [-0.1, -0.05) is 54.1 Å². The molecule has 1 aliphatic heterocycles. The zero-order valence-corrected chi connectivity index (χ0v) is 17.3. The van der Waals surface area contributed by atoms with E-state index in [9.17, 15) is 31.1 Å². The van der Waals surface area contributed by atoms with E-state index in [4.69, 9.17) is 11.6 Å². The summed E-state index contributed by atoms with van der Waals surface area (Å²) < 4.78 is 81.7. The maximum Gasteiger partial charge on any atom is 0.418 e. The zero-order chi connectivity index (χ0) is 24.0. The Hall–Kier alpha value is -3.21. The highest BCUT2D eigenvalue weighted by Crippen LogP contribution is 2.46. The zero-order valence-electron chi connectivity index (χ0n) is 16.5. The number of anilines is 2. The fraction of sp³-hybridized carbons (Fsp3) is 0.238. The molecule has 174 valence electrons. The van der Waals surface area contributed by atoms with Gasteiger partial charge in [0.2, 0.25) is 0 Å². The predicted molar refractivity (Wildman–Crippen MR) is 109 cm³/mol. The van der Waals surface area contributed by atoms with Gasteiger partial charge in [0.25, 0.3) is 5.91 Å². The average molecular weight is 489 g/mol. The van der Waals surface area contributed by atoms with Crippen molar-refractivity contribution in [2.75, 3.05) is 10.6 Å². The fourth-order valence-corrected chi connectivity index (χ4v) is 3.92. The van der Waals surface area contributed by atoms with Crippen LogP contribution in [0.15, 0.2) is 54.6 Å². The number of fused-ring (bicyclic) bond motifs is 1. The van der Waals surface area contributed by atoms with Crippen molar-refractivity contribution < 1.29 is 31.1 Å². The summed E-state index contributed by atoms with van der Waals surface area (Å²) >= 11 is 6.20. The Morgan fingerprint density at radius 3 is 2.30 bits per heavy atom. The van der Waals surface area contributed by atoms with Crippen molar-refractivity contribution in [3.05, 3.63) is 76.4 Å². The lowest BCUT2D eigenvalue weighted by molar-refractivity contribution is -0.173. The van der Waals surface area contributed by atoms with Gasteiger partial charge in [-0.15, -0.1) is 0 Å². The first-order chi connectivity index (χ1) is 15.5. The molecule has 4 rings (SSSR count). The highest BCUT2D eigenvalue weighted by atomic mass is 35.5. The molecular weight excluding hydrogens is 474 g/mol. The standard InChI is InChI=1S/C21H15ClF6N4O/c22-16-17(19(33)30-13-9-5-4-8-12(13)20(23,24)25)31-32-15(21(26,27)28)10-14(29-18(16)32)11-6-2-1-3-7-11/h1-9,14-15,29H,10H2,(H,30,33)/t14-,15+/m1/s1. The number of nitrogens with zero attached hydrogens (tertiary/aromatic N) is 2. The average Bonchev–Trinajstić information content (AvgIpc) is 3.09. The van der Waals surface area contributed by atoms with E-state index < -0.39 is 58.7 Å². The van der Waals surface area contributed by atoms with Gasteiger partial charge >= 0.3 is 12.4 Å². The summed E-state index contributed by atoms with van der Waals surface area (Å²) in [5, 5.41) is 8.22. The SMILES string of the molecule is O=C(Nc1ccccc1C(F)(F)F)c1nn2c(c1Cl)N[C@@H](c1ccccc1)C[C@H]2C(F)(F)F. The summed E-state index contributed by atoms with van der Waals surface area (Å²) in [7, 11) is 0. The van der Waals surface area contributed by atoms with Gasteiger partial charge in [0.05, 0.1) is 17.3 Å². The minimum absolute atomic E-state index is 0.242. The molecule has 1 amide bonds. The van der Waals surface area contributed by atoms with E-state index in [1.54, 1.807) is 30.3 Å². The lowest BCUT2D eigenvalue weighted by atomic mass is 9.97. The molecule has 2 aromatic carbocycles. The topological polar surface area (TPSA) is 59.0 Å². The number of halogens is 7. The molecule has 33 heavy (non-hydrogen) atoms. The second-order valence-electron chi connectivity index (χ2n) is 7.35. The Kier molecular flexibility index (Phi) is 5.77. The van der Waals surface area contributed by atoms with Crippen LogP contribution in [0.5, 0.6) is 0 Å². The lowest BCUT2D eigenvalue weighted by Crippen LogP contribution is -2.35. The Bertz CT molecular complexity index is 1180. The number of nitrogens with one attached hydrogen (secondary N) is 2. The second-order valence-corrected chi connectivity index (χ2v) is 7.73. The van der Waals surface area contributed by atoms with Crippen molar-refractivity contribution in [2.45, 2.75) is 30.9 Å². The first kappa shape index (κ1) is 23.0. The maximum absolute atomic E-state index is 13.8. The Morgan fingerprint density at radius 1 is 1.03 bits per heavy atom. The Morgan fingerprint density at radius 2 is 1.67 bits per heavy atom. The molecule has 0 saturated carbocycles. The normalized spacial score (nSPS) is 18.4. The monoisotopic (exact) mass is 488 g/mol. The molecular formula is C21H15ClF6N4O. The molecule has 0 saturated heterocycles. The third-order valence-corrected chi connectivity index (χ3v) is 5.55. The van der Waals surface area contributed by atoms with E-state index in [0.29, 0.717) is 10.2 Å². The summed E-state index contributed by atoms with van der Waals surface area (Å²) in [6, 6.07) is 9.67. The molecule has 1 aromatic heterocycles. The molecule has 12 heteroatoms. The summed E-state index contributed by atoms with van der Waals surface area (Å²) in [6.45, 7) is 0. The molecule has 2 N–H and O–H groups in total. The quantitative estimate of drug-likeness (QED) is 0.416. The van der Waals surface area contributed by atoms with E-state index >= 15 is 0 Å². The maximum atomic E-state index is 13.8. The number of rotatable bonds is 3. The fourth-order valence-electron chi connectivity index (χ4n) is 3.66. The molecule has 1 aliphatic rings. The number of carbonyl (C=O) groups is 1. The Labute approximate surface area is 188 Å². The molecule has 5 nitrogen and oxygen atoms in total. The first-order valence-corrected chi connectivity index (χ1v) is 9.98.